The number of ether oxygens (including phenoxy) is 1. The van der Waals surface area contributed by atoms with Crippen LogP contribution in [-0.4, -0.2) is 19.2 Å². The number of aryl methyl sites for hydroxylation is 1. The van der Waals surface area contributed by atoms with E-state index in [1.54, 1.807) is 19.2 Å². The molecule has 0 bridgehead atoms. The number of benzene rings is 2. The Morgan fingerprint density at radius 2 is 1.70 bits per heavy atom. The fraction of sp³-hybridized carbons (Fsp3) is 0.263. The summed E-state index contributed by atoms with van der Waals surface area (Å²) in [5.41, 5.74) is 8.23. The van der Waals surface area contributed by atoms with E-state index in [4.69, 9.17) is 10.5 Å². The lowest BCUT2D eigenvalue weighted by atomic mass is 9.93. The van der Waals surface area contributed by atoms with Crippen LogP contribution in [0.5, 0.6) is 5.75 Å². The Bertz CT molecular complexity index is 647. The van der Waals surface area contributed by atoms with Crippen molar-refractivity contribution in [1.82, 2.24) is 0 Å². The summed E-state index contributed by atoms with van der Waals surface area (Å²) < 4.78 is 5.10. The lowest BCUT2D eigenvalue weighted by Crippen LogP contribution is -2.19. The van der Waals surface area contributed by atoms with Crippen molar-refractivity contribution in [3.63, 3.8) is 0 Å². The molecular weight excluding hydrogens is 290 g/mol. The van der Waals surface area contributed by atoms with Crippen molar-refractivity contribution in [1.29, 1.82) is 0 Å². The second kappa shape index (κ2) is 8.13. The topological polar surface area (TPSA) is 69.4 Å². The third-order valence-electron chi connectivity index (χ3n) is 3.77. The molecule has 0 heterocycles. The highest BCUT2D eigenvalue weighted by atomic mass is 16.5. The molecule has 1 unspecified atom stereocenters. The van der Waals surface area contributed by atoms with Crippen LogP contribution >= 0.6 is 0 Å². The molecule has 0 saturated carbocycles. The van der Waals surface area contributed by atoms with Gasteiger partial charge in [-0.3, -0.25) is 9.59 Å². The Morgan fingerprint density at radius 1 is 1.09 bits per heavy atom. The summed E-state index contributed by atoms with van der Waals surface area (Å²) in [5.74, 6) is -0.0351. The fourth-order valence-electron chi connectivity index (χ4n) is 2.34. The van der Waals surface area contributed by atoms with E-state index in [0.717, 1.165) is 16.9 Å². The van der Waals surface area contributed by atoms with Crippen molar-refractivity contribution < 1.29 is 14.3 Å². The first-order chi connectivity index (χ1) is 11.1. The standard InChI is InChI=1S/C19H20NO3/c1-23-18-9-4-14(5-10-18)6-11-19(22)16(13-21)12-15-2-7-17(20)8-3-15/h2-5,7-10,16H,6,11-12,20H2,1H3. The Morgan fingerprint density at radius 3 is 2.26 bits per heavy atom. The Balaban J connectivity index is 1.91. The van der Waals surface area contributed by atoms with Crippen molar-refractivity contribution in [2.24, 2.45) is 5.92 Å². The molecule has 119 valence electrons. The Hall–Kier alpha value is -2.62. The summed E-state index contributed by atoms with van der Waals surface area (Å²) >= 11 is 0. The smallest absolute Gasteiger partial charge is 0.209 e. The lowest BCUT2D eigenvalue weighted by Gasteiger charge is -2.09. The molecule has 0 saturated heterocycles. The highest BCUT2D eigenvalue weighted by Crippen LogP contribution is 2.16. The number of carbonyl (C=O) groups is 1. The molecule has 23 heavy (non-hydrogen) atoms. The minimum atomic E-state index is -0.725. The third-order valence-corrected chi connectivity index (χ3v) is 3.77. The van der Waals surface area contributed by atoms with E-state index in [9.17, 15) is 9.59 Å². The molecule has 0 amide bonds. The van der Waals surface area contributed by atoms with Gasteiger partial charge >= 0.3 is 0 Å². The number of carbonyl (C=O) groups excluding carboxylic acids is 2. The molecule has 0 aromatic heterocycles. The van der Waals surface area contributed by atoms with Gasteiger partial charge in [-0.2, -0.15) is 0 Å². The van der Waals surface area contributed by atoms with Crippen LogP contribution in [0, 0.1) is 5.92 Å². The van der Waals surface area contributed by atoms with E-state index in [1.807, 2.05) is 42.7 Å². The van der Waals surface area contributed by atoms with Gasteiger partial charge in [0.05, 0.1) is 13.0 Å². The Labute approximate surface area is 136 Å². The largest absolute Gasteiger partial charge is 0.497 e. The maximum Gasteiger partial charge on any atom is 0.209 e. The van der Waals surface area contributed by atoms with E-state index < -0.39 is 5.92 Å². The minimum Gasteiger partial charge on any atom is -0.497 e. The molecular formula is C19H20NO3. The number of hydrogen-bond donors (Lipinski definition) is 1. The summed E-state index contributed by atoms with van der Waals surface area (Å²) in [6.07, 6.45) is 3.16. The van der Waals surface area contributed by atoms with Gasteiger partial charge in [0.2, 0.25) is 6.29 Å². The van der Waals surface area contributed by atoms with Crippen LogP contribution in [0.4, 0.5) is 5.69 Å². The fourth-order valence-corrected chi connectivity index (χ4v) is 2.34. The monoisotopic (exact) mass is 310 g/mol. The molecule has 0 fully saturated rings. The van der Waals surface area contributed by atoms with Gasteiger partial charge in [-0.15, -0.1) is 0 Å². The maximum absolute atomic E-state index is 12.2. The molecule has 0 aliphatic carbocycles. The third kappa shape index (κ3) is 4.95. The summed E-state index contributed by atoms with van der Waals surface area (Å²) in [6, 6.07) is 14.7. The van der Waals surface area contributed by atoms with Gasteiger partial charge in [0, 0.05) is 12.1 Å². The zero-order valence-electron chi connectivity index (χ0n) is 13.1. The normalized spacial score (nSPS) is 11.7. The number of anilines is 1. The number of ketones is 1. The van der Waals surface area contributed by atoms with Crippen LogP contribution < -0.4 is 10.5 Å². The molecule has 2 aromatic rings. The van der Waals surface area contributed by atoms with E-state index in [0.29, 0.717) is 24.9 Å². The van der Waals surface area contributed by atoms with E-state index in [2.05, 4.69) is 0 Å². The Kier molecular flexibility index (Phi) is 5.92. The quantitative estimate of drug-likeness (QED) is 0.601. The maximum atomic E-state index is 12.2. The van der Waals surface area contributed by atoms with Gasteiger partial charge in [0.15, 0.2) is 0 Å². The highest BCUT2D eigenvalue weighted by Gasteiger charge is 2.19. The van der Waals surface area contributed by atoms with Gasteiger partial charge in [-0.25, -0.2) is 0 Å². The van der Waals surface area contributed by atoms with Crippen LogP contribution in [-0.2, 0) is 22.4 Å². The van der Waals surface area contributed by atoms with Crippen molar-refractivity contribution in [2.45, 2.75) is 19.3 Å². The van der Waals surface area contributed by atoms with Gasteiger partial charge in [-0.05, 0) is 48.2 Å². The zero-order chi connectivity index (χ0) is 16.7. The first kappa shape index (κ1) is 16.7. The predicted octanol–water partition coefficient (Wildman–Crippen LogP) is 2.75. The van der Waals surface area contributed by atoms with Gasteiger partial charge < -0.3 is 10.5 Å². The van der Waals surface area contributed by atoms with Crippen molar-refractivity contribution in [3.05, 3.63) is 59.7 Å². The first-order valence-electron chi connectivity index (χ1n) is 7.50. The van der Waals surface area contributed by atoms with Crippen molar-refractivity contribution in [2.75, 3.05) is 12.8 Å². The first-order valence-corrected chi connectivity index (χ1v) is 7.50. The number of Topliss-reactive ketones (excluding diaryl/α,β-unsaturated/α-hetero) is 1. The summed E-state index contributed by atoms with van der Waals surface area (Å²) in [7, 11) is 1.61. The molecule has 2 aromatic carbocycles. The van der Waals surface area contributed by atoms with Crippen molar-refractivity contribution >= 4 is 17.8 Å². The number of methoxy groups -OCH3 is 1. The van der Waals surface area contributed by atoms with Crippen LogP contribution in [0.15, 0.2) is 48.5 Å². The SMILES string of the molecule is COc1ccc(CCC(=O)C([C]=O)Cc2ccc(N)cc2)cc1. The zero-order valence-corrected chi connectivity index (χ0v) is 13.1. The van der Waals surface area contributed by atoms with Crippen LogP contribution in [0.2, 0.25) is 0 Å². The second-order valence-electron chi connectivity index (χ2n) is 5.43. The predicted molar refractivity (Wildman–Crippen MR) is 90.1 cm³/mol. The number of hydrogen-bond acceptors (Lipinski definition) is 4. The average molecular weight is 310 g/mol. The van der Waals surface area contributed by atoms with Gasteiger partial charge in [0.1, 0.15) is 11.5 Å². The van der Waals surface area contributed by atoms with Crippen LogP contribution in [0.25, 0.3) is 0 Å². The number of rotatable bonds is 8. The molecule has 2 N–H and O–H groups in total. The van der Waals surface area contributed by atoms with E-state index >= 15 is 0 Å². The van der Waals surface area contributed by atoms with Crippen molar-refractivity contribution in [3.8, 4) is 5.75 Å². The lowest BCUT2D eigenvalue weighted by molar-refractivity contribution is -0.120. The summed E-state index contributed by atoms with van der Waals surface area (Å²) in [6.45, 7) is 0. The van der Waals surface area contributed by atoms with E-state index in [1.165, 1.54) is 0 Å². The molecule has 1 radical (unpaired) electrons. The molecule has 2 rings (SSSR count). The molecule has 4 heteroatoms. The molecule has 0 spiro atoms. The molecule has 1 atom stereocenters. The second-order valence-corrected chi connectivity index (χ2v) is 5.43. The van der Waals surface area contributed by atoms with Crippen LogP contribution in [0.3, 0.4) is 0 Å². The van der Waals surface area contributed by atoms with Crippen LogP contribution in [0.1, 0.15) is 17.5 Å². The average Bonchev–Trinajstić information content (AvgIpc) is 2.59. The number of nitrogens with two attached hydrogens (primary N) is 1. The summed E-state index contributed by atoms with van der Waals surface area (Å²) in [5, 5.41) is 0. The minimum absolute atomic E-state index is 0.0901. The molecule has 0 aliphatic heterocycles. The molecule has 4 nitrogen and oxygen atoms in total. The highest BCUT2D eigenvalue weighted by molar-refractivity contribution is 5.93. The van der Waals surface area contributed by atoms with Gasteiger partial charge in [0.25, 0.3) is 0 Å². The number of nitrogen functional groups attached to an aromatic ring is 1. The molecule has 0 aliphatic rings. The van der Waals surface area contributed by atoms with E-state index in [-0.39, 0.29) is 5.78 Å². The summed E-state index contributed by atoms with van der Waals surface area (Å²) in [4.78, 5) is 23.4. The van der Waals surface area contributed by atoms with Gasteiger partial charge in [-0.1, -0.05) is 24.3 Å².